The Labute approximate surface area is 164 Å². The summed E-state index contributed by atoms with van der Waals surface area (Å²) in [4.78, 5) is 34.6. The zero-order chi connectivity index (χ0) is 19.1. The topological polar surface area (TPSA) is 98.5 Å². The minimum absolute atomic E-state index is 0.0676. The van der Waals surface area contributed by atoms with E-state index in [0.717, 1.165) is 9.13 Å². The van der Waals surface area contributed by atoms with Crippen molar-refractivity contribution in [3.63, 3.8) is 0 Å². The maximum Gasteiger partial charge on any atom is 0.328 e. The third kappa shape index (κ3) is 5.80. The highest BCUT2D eigenvalue weighted by Crippen LogP contribution is 2.14. The van der Waals surface area contributed by atoms with Gasteiger partial charge in [0.25, 0.3) is 5.69 Å². The first kappa shape index (κ1) is 19.8. The first-order valence-corrected chi connectivity index (χ1v) is 8.82. The number of hydrogen-bond acceptors (Lipinski definition) is 5. The lowest BCUT2D eigenvalue weighted by molar-refractivity contribution is -0.384. The first-order valence-electron chi connectivity index (χ1n) is 7.74. The smallest absolute Gasteiger partial charge is 0.328 e. The Morgan fingerprint density at radius 2 is 1.88 bits per heavy atom. The predicted molar refractivity (Wildman–Crippen MR) is 104 cm³/mol. The summed E-state index contributed by atoms with van der Waals surface area (Å²) in [5.41, 5.74) is 1.30. The third-order valence-corrected chi connectivity index (χ3v) is 4.38. The first-order chi connectivity index (χ1) is 12.4. The maximum absolute atomic E-state index is 12.3. The third-order valence-electron chi connectivity index (χ3n) is 3.66. The van der Waals surface area contributed by atoms with Gasteiger partial charge < -0.3 is 10.1 Å². The summed E-state index contributed by atoms with van der Waals surface area (Å²) >= 11 is 2.18. The highest BCUT2D eigenvalue weighted by Gasteiger charge is 2.22. The summed E-state index contributed by atoms with van der Waals surface area (Å²) < 4.78 is 5.83. The SMILES string of the molecule is COC(=O)[C@@H](Cc1ccc(I)cc1)NC(=O)Cc1cccc([N+](=O)[O-])c1. The Bertz CT molecular complexity index is 807. The van der Waals surface area contributed by atoms with Gasteiger partial charge >= 0.3 is 5.97 Å². The van der Waals surface area contributed by atoms with Crippen molar-refractivity contribution in [1.29, 1.82) is 0 Å². The van der Waals surface area contributed by atoms with Crippen LogP contribution in [0.1, 0.15) is 11.1 Å². The quantitative estimate of drug-likeness (QED) is 0.292. The lowest BCUT2D eigenvalue weighted by Gasteiger charge is -2.17. The van der Waals surface area contributed by atoms with Crippen molar-refractivity contribution in [1.82, 2.24) is 5.32 Å². The van der Waals surface area contributed by atoms with E-state index in [-0.39, 0.29) is 12.1 Å². The molecule has 136 valence electrons. The number of non-ortho nitro benzene ring substituents is 1. The van der Waals surface area contributed by atoms with Crippen LogP contribution in [0, 0.1) is 13.7 Å². The van der Waals surface area contributed by atoms with Crippen LogP contribution in [0.3, 0.4) is 0 Å². The fraction of sp³-hybridized carbons (Fsp3) is 0.222. The molecular weight excluding hydrogens is 451 g/mol. The molecule has 8 heteroatoms. The van der Waals surface area contributed by atoms with E-state index >= 15 is 0 Å². The average Bonchev–Trinajstić information content (AvgIpc) is 2.62. The molecule has 0 aromatic heterocycles. The number of nitro benzene ring substituents is 1. The molecule has 0 bridgehead atoms. The normalized spacial score (nSPS) is 11.5. The Kier molecular flexibility index (Phi) is 7.07. The van der Waals surface area contributed by atoms with Gasteiger partial charge in [-0.15, -0.1) is 0 Å². The van der Waals surface area contributed by atoms with Gasteiger partial charge in [0.05, 0.1) is 18.5 Å². The number of halogens is 1. The number of nitro groups is 1. The second-order valence-corrected chi connectivity index (χ2v) is 6.82. The maximum atomic E-state index is 12.3. The lowest BCUT2D eigenvalue weighted by atomic mass is 10.1. The molecule has 7 nitrogen and oxygen atoms in total. The van der Waals surface area contributed by atoms with Crippen molar-refractivity contribution in [3.05, 3.63) is 73.3 Å². The molecule has 0 spiro atoms. The minimum Gasteiger partial charge on any atom is -0.467 e. The molecule has 26 heavy (non-hydrogen) atoms. The van der Waals surface area contributed by atoms with Crippen molar-refractivity contribution in [2.45, 2.75) is 18.9 Å². The number of carbonyl (C=O) groups is 2. The van der Waals surface area contributed by atoms with Crippen LogP contribution in [0.2, 0.25) is 0 Å². The molecule has 2 rings (SSSR count). The molecular formula is C18H17IN2O5. The van der Waals surface area contributed by atoms with E-state index < -0.39 is 22.8 Å². The molecule has 0 radical (unpaired) electrons. The highest BCUT2D eigenvalue weighted by atomic mass is 127. The van der Waals surface area contributed by atoms with E-state index in [1.54, 1.807) is 6.07 Å². The molecule has 2 aromatic rings. The van der Waals surface area contributed by atoms with Crippen LogP contribution in [0.15, 0.2) is 48.5 Å². The zero-order valence-electron chi connectivity index (χ0n) is 14.0. The van der Waals surface area contributed by atoms with Gasteiger partial charge in [-0.1, -0.05) is 24.3 Å². The summed E-state index contributed by atoms with van der Waals surface area (Å²) in [6.45, 7) is 0. The number of esters is 1. The van der Waals surface area contributed by atoms with Gasteiger partial charge in [0.1, 0.15) is 6.04 Å². The Morgan fingerprint density at radius 1 is 1.19 bits per heavy atom. The Balaban J connectivity index is 2.06. The summed E-state index contributed by atoms with van der Waals surface area (Å²) in [5, 5.41) is 13.5. The van der Waals surface area contributed by atoms with E-state index in [1.807, 2.05) is 24.3 Å². The number of ether oxygens (including phenoxy) is 1. The molecule has 0 heterocycles. The van der Waals surface area contributed by atoms with Crippen LogP contribution in [-0.2, 0) is 27.2 Å². The predicted octanol–water partition coefficient (Wildman–Crippen LogP) is 2.64. The second kappa shape index (κ2) is 9.27. The summed E-state index contributed by atoms with van der Waals surface area (Å²) in [5.74, 6) is -0.956. The van der Waals surface area contributed by atoms with Gasteiger partial charge in [0, 0.05) is 22.1 Å². The fourth-order valence-electron chi connectivity index (χ4n) is 2.40. The summed E-state index contributed by atoms with van der Waals surface area (Å²) in [7, 11) is 1.26. The molecule has 0 aliphatic rings. The monoisotopic (exact) mass is 468 g/mol. The molecule has 1 atom stereocenters. The number of carbonyl (C=O) groups excluding carboxylic acids is 2. The zero-order valence-corrected chi connectivity index (χ0v) is 16.1. The molecule has 1 N–H and O–H groups in total. The molecule has 0 saturated heterocycles. The Morgan fingerprint density at radius 3 is 2.50 bits per heavy atom. The summed E-state index contributed by atoms with van der Waals surface area (Å²) in [6.07, 6.45) is 0.228. The van der Waals surface area contributed by atoms with E-state index in [9.17, 15) is 19.7 Å². The average molecular weight is 468 g/mol. The van der Waals surface area contributed by atoms with E-state index in [2.05, 4.69) is 27.9 Å². The minimum atomic E-state index is -0.828. The van der Waals surface area contributed by atoms with Gasteiger partial charge in [0.2, 0.25) is 5.91 Å². The molecule has 0 aliphatic carbocycles. The largest absolute Gasteiger partial charge is 0.467 e. The molecule has 2 aromatic carbocycles. The van der Waals surface area contributed by atoms with E-state index in [1.165, 1.54) is 25.3 Å². The van der Waals surface area contributed by atoms with Crippen molar-refractivity contribution < 1.29 is 19.2 Å². The highest BCUT2D eigenvalue weighted by molar-refractivity contribution is 14.1. The number of hydrogen-bond donors (Lipinski definition) is 1. The number of nitrogens with one attached hydrogen (secondary N) is 1. The van der Waals surface area contributed by atoms with E-state index in [4.69, 9.17) is 4.74 Å². The van der Waals surface area contributed by atoms with Crippen LogP contribution >= 0.6 is 22.6 Å². The van der Waals surface area contributed by atoms with Gasteiger partial charge in [-0.3, -0.25) is 14.9 Å². The van der Waals surface area contributed by atoms with Crippen LogP contribution in [0.4, 0.5) is 5.69 Å². The van der Waals surface area contributed by atoms with E-state index in [0.29, 0.717) is 12.0 Å². The van der Waals surface area contributed by atoms with Crippen LogP contribution in [-0.4, -0.2) is 30.0 Å². The van der Waals surface area contributed by atoms with Crippen molar-refractivity contribution >= 4 is 40.2 Å². The number of methoxy groups -OCH3 is 1. The standard InChI is InChI=1S/C18H17IN2O5/c1-26-18(23)16(10-12-5-7-14(19)8-6-12)20-17(22)11-13-3-2-4-15(9-13)21(24)25/h2-9,16H,10-11H2,1H3,(H,20,22)/t16-/m1/s1. The molecule has 0 aliphatic heterocycles. The number of benzene rings is 2. The van der Waals surface area contributed by atoms with Gasteiger partial charge in [-0.2, -0.15) is 0 Å². The lowest BCUT2D eigenvalue weighted by Crippen LogP contribution is -2.43. The van der Waals surface area contributed by atoms with Crippen LogP contribution in [0.25, 0.3) is 0 Å². The van der Waals surface area contributed by atoms with Crippen molar-refractivity contribution in [2.24, 2.45) is 0 Å². The van der Waals surface area contributed by atoms with Crippen molar-refractivity contribution in [2.75, 3.05) is 7.11 Å². The van der Waals surface area contributed by atoms with Gasteiger partial charge in [-0.25, -0.2) is 4.79 Å². The van der Waals surface area contributed by atoms with Gasteiger partial charge in [0.15, 0.2) is 0 Å². The fourth-order valence-corrected chi connectivity index (χ4v) is 2.76. The second-order valence-electron chi connectivity index (χ2n) is 5.58. The number of rotatable bonds is 7. The van der Waals surface area contributed by atoms with Crippen LogP contribution in [0.5, 0.6) is 0 Å². The number of amides is 1. The molecule has 0 fully saturated rings. The number of nitrogens with zero attached hydrogens (tertiary/aromatic N) is 1. The Hall–Kier alpha value is -2.49. The molecule has 0 unspecified atom stereocenters. The molecule has 0 saturated carbocycles. The van der Waals surface area contributed by atoms with Crippen molar-refractivity contribution in [3.8, 4) is 0 Å². The summed E-state index contributed by atoms with van der Waals surface area (Å²) in [6, 6.07) is 12.6. The molecule has 1 amide bonds. The van der Waals surface area contributed by atoms with Gasteiger partial charge in [-0.05, 0) is 45.9 Å². The van der Waals surface area contributed by atoms with Crippen LogP contribution < -0.4 is 5.32 Å².